The number of benzene rings is 1. The summed E-state index contributed by atoms with van der Waals surface area (Å²) in [5.74, 6) is 2.77. The van der Waals surface area contributed by atoms with E-state index in [-0.39, 0.29) is 5.41 Å². The summed E-state index contributed by atoms with van der Waals surface area (Å²) in [5.41, 5.74) is 3.07. The average molecular weight is 383 g/mol. The smallest absolute Gasteiger partial charge is 0.165 e. The van der Waals surface area contributed by atoms with Gasteiger partial charge in [0.2, 0.25) is 0 Å². The number of tetrazole rings is 1. The van der Waals surface area contributed by atoms with Crippen molar-refractivity contribution in [1.82, 2.24) is 25.1 Å². The minimum atomic E-state index is 0.209. The van der Waals surface area contributed by atoms with E-state index in [1.165, 1.54) is 36.8 Å². The molecule has 1 saturated carbocycles. The molecule has 1 aliphatic carbocycles. The summed E-state index contributed by atoms with van der Waals surface area (Å²) in [6, 6.07) is 4.81. The van der Waals surface area contributed by atoms with Crippen LogP contribution in [0.1, 0.15) is 68.9 Å². The van der Waals surface area contributed by atoms with E-state index in [0.717, 1.165) is 43.4 Å². The Kier molecular flexibility index (Phi) is 4.50. The summed E-state index contributed by atoms with van der Waals surface area (Å²) in [6.07, 6.45) is 6.10. The van der Waals surface area contributed by atoms with Crippen molar-refractivity contribution in [3.05, 3.63) is 29.1 Å². The molecule has 0 bridgehead atoms. The van der Waals surface area contributed by atoms with Gasteiger partial charge in [0.15, 0.2) is 17.3 Å². The Labute approximate surface area is 166 Å². The molecule has 0 radical (unpaired) electrons. The molecular formula is C21H29N5O2. The molecule has 3 heterocycles. The molecule has 5 rings (SSSR count). The van der Waals surface area contributed by atoms with Gasteiger partial charge in [0.1, 0.15) is 13.2 Å². The third-order valence-corrected chi connectivity index (χ3v) is 6.74. The standard InChI is InChI=1S/C21H29N5O2/c1-3-8-26-20(22-23-24-26)13-25-14-21(6-4-5-7-21)17-12-19-18(27-9-10-28-19)11-16(17)15(25)2/h11-12,15H,3-10,13-14H2,1-2H3. The molecule has 0 saturated heterocycles. The third kappa shape index (κ3) is 2.87. The van der Waals surface area contributed by atoms with Gasteiger partial charge in [0.25, 0.3) is 0 Å². The minimum Gasteiger partial charge on any atom is -0.486 e. The molecule has 1 aromatic carbocycles. The lowest BCUT2D eigenvalue weighted by atomic mass is 9.71. The number of hydrogen-bond donors (Lipinski definition) is 0. The Balaban J connectivity index is 1.53. The quantitative estimate of drug-likeness (QED) is 0.808. The second-order valence-corrected chi connectivity index (χ2v) is 8.47. The van der Waals surface area contributed by atoms with E-state index >= 15 is 0 Å². The molecule has 0 N–H and O–H groups in total. The fourth-order valence-corrected chi connectivity index (χ4v) is 5.29. The first-order valence-electron chi connectivity index (χ1n) is 10.6. The van der Waals surface area contributed by atoms with Crippen LogP contribution in [-0.4, -0.2) is 44.9 Å². The van der Waals surface area contributed by atoms with Crippen molar-refractivity contribution < 1.29 is 9.47 Å². The molecule has 28 heavy (non-hydrogen) atoms. The second kappa shape index (κ2) is 7.03. The molecule has 150 valence electrons. The van der Waals surface area contributed by atoms with Crippen LogP contribution in [0.2, 0.25) is 0 Å². The van der Waals surface area contributed by atoms with Crippen LogP contribution in [0.15, 0.2) is 12.1 Å². The number of fused-ring (bicyclic) bond motifs is 3. The van der Waals surface area contributed by atoms with E-state index in [2.05, 4.69) is 46.4 Å². The maximum absolute atomic E-state index is 5.91. The molecule has 1 fully saturated rings. The van der Waals surface area contributed by atoms with Gasteiger partial charge in [-0.15, -0.1) is 5.10 Å². The van der Waals surface area contributed by atoms with Gasteiger partial charge in [-0.05, 0) is 59.9 Å². The Hall–Kier alpha value is -2.15. The molecule has 7 nitrogen and oxygen atoms in total. The molecule has 1 spiro atoms. The zero-order valence-corrected chi connectivity index (χ0v) is 16.9. The molecule has 1 aromatic heterocycles. The highest BCUT2D eigenvalue weighted by atomic mass is 16.6. The Morgan fingerprint density at radius 1 is 1.14 bits per heavy atom. The Morgan fingerprint density at radius 2 is 1.89 bits per heavy atom. The van der Waals surface area contributed by atoms with E-state index in [1.54, 1.807) is 0 Å². The number of ether oxygens (including phenoxy) is 2. The van der Waals surface area contributed by atoms with Gasteiger partial charge in [0.05, 0.1) is 6.54 Å². The van der Waals surface area contributed by atoms with Gasteiger partial charge in [-0.25, -0.2) is 4.68 Å². The SMILES string of the molecule is CCCn1nnnc1CN1CC2(CCCC2)c2cc3c(cc2C1C)OCCO3. The normalized spacial score (nSPS) is 23.1. The van der Waals surface area contributed by atoms with Crippen molar-refractivity contribution in [1.29, 1.82) is 0 Å². The van der Waals surface area contributed by atoms with Crippen LogP contribution >= 0.6 is 0 Å². The number of nitrogens with zero attached hydrogens (tertiary/aromatic N) is 5. The predicted octanol–water partition coefficient (Wildman–Crippen LogP) is 3.24. The summed E-state index contributed by atoms with van der Waals surface area (Å²) in [4.78, 5) is 2.56. The Morgan fingerprint density at radius 3 is 2.64 bits per heavy atom. The number of aryl methyl sites for hydroxylation is 1. The van der Waals surface area contributed by atoms with Crippen LogP contribution in [0.5, 0.6) is 11.5 Å². The topological polar surface area (TPSA) is 65.3 Å². The molecule has 2 aliphatic heterocycles. The zero-order chi connectivity index (χ0) is 19.1. The summed E-state index contributed by atoms with van der Waals surface area (Å²) in [7, 11) is 0. The average Bonchev–Trinajstić information content (AvgIpc) is 3.36. The van der Waals surface area contributed by atoms with E-state index < -0.39 is 0 Å². The molecule has 7 heteroatoms. The fraction of sp³-hybridized carbons (Fsp3) is 0.667. The molecule has 0 amide bonds. The van der Waals surface area contributed by atoms with Crippen molar-refractivity contribution in [2.45, 2.75) is 70.5 Å². The van der Waals surface area contributed by atoms with Crippen LogP contribution < -0.4 is 9.47 Å². The van der Waals surface area contributed by atoms with Crippen molar-refractivity contribution in [3.63, 3.8) is 0 Å². The summed E-state index contributed by atoms with van der Waals surface area (Å²) < 4.78 is 13.8. The van der Waals surface area contributed by atoms with Crippen LogP contribution in [0.4, 0.5) is 0 Å². The Bertz CT molecular complexity index is 858. The predicted molar refractivity (Wildman–Crippen MR) is 105 cm³/mol. The van der Waals surface area contributed by atoms with Crippen LogP contribution in [0.3, 0.4) is 0 Å². The zero-order valence-electron chi connectivity index (χ0n) is 16.9. The van der Waals surface area contributed by atoms with E-state index in [4.69, 9.17) is 9.47 Å². The van der Waals surface area contributed by atoms with Gasteiger partial charge in [-0.1, -0.05) is 19.8 Å². The van der Waals surface area contributed by atoms with Gasteiger partial charge >= 0.3 is 0 Å². The van der Waals surface area contributed by atoms with Gasteiger partial charge in [0, 0.05) is 24.5 Å². The fourth-order valence-electron chi connectivity index (χ4n) is 5.29. The summed E-state index contributed by atoms with van der Waals surface area (Å²) in [6.45, 7) is 8.42. The van der Waals surface area contributed by atoms with E-state index in [9.17, 15) is 0 Å². The first-order chi connectivity index (χ1) is 13.7. The first-order valence-corrected chi connectivity index (χ1v) is 10.6. The lowest BCUT2D eigenvalue weighted by Crippen LogP contribution is -2.46. The van der Waals surface area contributed by atoms with Crippen molar-refractivity contribution in [3.8, 4) is 11.5 Å². The van der Waals surface area contributed by atoms with Crippen LogP contribution in [0, 0.1) is 0 Å². The summed E-state index contributed by atoms with van der Waals surface area (Å²) >= 11 is 0. The van der Waals surface area contributed by atoms with Crippen molar-refractivity contribution in [2.24, 2.45) is 0 Å². The molecule has 1 atom stereocenters. The molecule has 2 aromatic rings. The van der Waals surface area contributed by atoms with Crippen LogP contribution in [0.25, 0.3) is 0 Å². The highest BCUT2D eigenvalue weighted by Gasteiger charge is 2.45. The maximum Gasteiger partial charge on any atom is 0.165 e. The summed E-state index contributed by atoms with van der Waals surface area (Å²) in [5, 5.41) is 12.4. The lowest BCUT2D eigenvalue weighted by molar-refractivity contribution is 0.120. The van der Waals surface area contributed by atoms with Gasteiger partial charge < -0.3 is 9.47 Å². The van der Waals surface area contributed by atoms with E-state index in [1.807, 2.05) is 4.68 Å². The first kappa shape index (κ1) is 17.9. The highest BCUT2D eigenvalue weighted by molar-refractivity contribution is 5.53. The minimum absolute atomic E-state index is 0.209. The number of hydrogen-bond acceptors (Lipinski definition) is 6. The lowest BCUT2D eigenvalue weighted by Gasteiger charge is -2.46. The molecule has 3 aliphatic rings. The molecule has 1 unspecified atom stereocenters. The van der Waals surface area contributed by atoms with Gasteiger partial charge in [-0.2, -0.15) is 0 Å². The largest absolute Gasteiger partial charge is 0.486 e. The monoisotopic (exact) mass is 383 g/mol. The number of aromatic nitrogens is 4. The third-order valence-electron chi connectivity index (χ3n) is 6.74. The second-order valence-electron chi connectivity index (χ2n) is 8.47. The molecular weight excluding hydrogens is 354 g/mol. The highest BCUT2D eigenvalue weighted by Crippen LogP contribution is 2.52. The van der Waals surface area contributed by atoms with Crippen LogP contribution in [-0.2, 0) is 18.5 Å². The van der Waals surface area contributed by atoms with E-state index in [0.29, 0.717) is 19.3 Å². The van der Waals surface area contributed by atoms with Crippen molar-refractivity contribution >= 4 is 0 Å². The van der Waals surface area contributed by atoms with Crippen molar-refractivity contribution in [2.75, 3.05) is 19.8 Å². The maximum atomic E-state index is 5.91. The number of rotatable bonds is 4. The van der Waals surface area contributed by atoms with Gasteiger partial charge in [-0.3, -0.25) is 4.90 Å².